The van der Waals surface area contributed by atoms with E-state index in [1.165, 1.54) is 12.3 Å². The highest BCUT2D eigenvalue weighted by atomic mass is 19.1. The van der Waals surface area contributed by atoms with Crippen molar-refractivity contribution in [2.45, 2.75) is 32.1 Å². The van der Waals surface area contributed by atoms with Crippen molar-refractivity contribution < 1.29 is 9.18 Å². The molecular formula is C30H24FN5O. The number of nitriles is 1. The summed E-state index contributed by atoms with van der Waals surface area (Å²) in [6.45, 7) is 4.05. The number of benzene rings is 1. The highest BCUT2D eigenvalue weighted by molar-refractivity contribution is 6.02. The molecule has 2 aliphatic rings. The van der Waals surface area contributed by atoms with Gasteiger partial charge in [-0.3, -0.25) is 14.8 Å². The molecule has 6 rings (SSSR count). The third kappa shape index (κ3) is 3.60. The molecular weight excluding hydrogens is 465 g/mol. The molecule has 0 unspecified atom stereocenters. The fourth-order valence-electron chi connectivity index (χ4n) is 6.13. The van der Waals surface area contributed by atoms with Gasteiger partial charge in [0.2, 0.25) is 0 Å². The zero-order chi connectivity index (χ0) is 25.7. The van der Waals surface area contributed by atoms with E-state index in [1.807, 2.05) is 60.3 Å². The molecule has 0 radical (unpaired) electrons. The molecule has 3 aromatic heterocycles. The molecule has 0 aliphatic heterocycles. The van der Waals surface area contributed by atoms with Crippen LogP contribution in [0.25, 0.3) is 28.1 Å². The van der Waals surface area contributed by atoms with Gasteiger partial charge in [0, 0.05) is 46.6 Å². The second-order valence-electron chi connectivity index (χ2n) is 10.0. The number of halogens is 1. The van der Waals surface area contributed by atoms with Crippen LogP contribution in [-0.2, 0) is 16.6 Å². The fraction of sp³-hybridized carbons (Fsp3) is 0.233. The first-order valence-electron chi connectivity index (χ1n) is 12.3. The van der Waals surface area contributed by atoms with Crippen molar-refractivity contribution in [3.63, 3.8) is 0 Å². The van der Waals surface area contributed by atoms with E-state index in [2.05, 4.69) is 23.0 Å². The van der Waals surface area contributed by atoms with Crippen molar-refractivity contribution >= 4 is 5.78 Å². The normalized spacial score (nSPS) is 22.5. The minimum Gasteiger partial charge on any atom is -0.293 e. The number of carbonyl (C=O) groups is 1. The van der Waals surface area contributed by atoms with E-state index in [4.69, 9.17) is 5.10 Å². The maximum Gasteiger partial charge on any atom is 0.176 e. The Labute approximate surface area is 214 Å². The fourth-order valence-corrected chi connectivity index (χ4v) is 6.13. The largest absolute Gasteiger partial charge is 0.293 e. The molecule has 0 N–H and O–H groups in total. The summed E-state index contributed by atoms with van der Waals surface area (Å²) < 4.78 is 15.7. The molecule has 0 saturated carbocycles. The van der Waals surface area contributed by atoms with Crippen LogP contribution in [0.4, 0.5) is 4.39 Å². The summed E-state index contributed by atoms with van der Waals surface area (Å²) in [4.78, 5) is 21.2. The minimum absolute atomic E-state index is 0.0550. The topological polar surface area (TPSA) is 84.5 Å². The number of aromatic nitrogens is 4. The Bertz CT molecular complexity index is 1600. The second-order valence-corrected chi connectivity index (χ2v) is 10.0. The van der Waals surface area contributed by atoms with Gasteiger partial charge in [0.1, 0.15) is 11.9 Å². The summed E-state index contributed by atoms with van der Waals surface area (Å²) in [5, 5.41) is 14.8. The molecule has 4 aromatic rings. The van der Waals surface area contributed by atoms with E-state index < -0.39 is 5.41 Å². The lowest BCUT2D eigenvalue weighted by Crippen LogP contribution is -2.46. The molecule has 0 fully saturated rings. The third-order valence-corrected chi connectivity index (χ3v) is 7.90. The van der Waals surface area contributed by atoms with Crippen LogP contribution in [0.3, 0.4) is 0 Å². The molecule has 182 valence electrons. The summed E-state index contributed by atoms with van der Waals surface area (Å²) in [5.74, 6) is -0.672. The molecule has 3 heterocycles. The molecule has 3 atom stereocenters. The van der Waals surface area contributed by atoms with Gasteiger partial charge in [0.05, 0.1) is 28.8 Å². The Morgan fingerprint density at radius 1 is 1.08 bits per heavy atom. The molecule has 37 heavy (non-hydrogen) atoms. The van der Waals surface area contributed by atoms with Gasteiger partial charge in [0.15, 0.2) is 5.78 Å². The van der Waals surface area contributed by atoms with Gasteiger partial charge in [-0.2, -0.15) is 10.4 Å². The lowest BCUT2D eigenvalue weighted by molar-refractivity contribution is -0.121. The SMILES string of the molecule is C[C@H]1C(=O)C(C#N)=C[C@@]2(C)c3c(c(-c4cccnc4)nn3-c3ccc(-c4cncc(F)c4)cc3)CC[C@H]12. The Hall–Kier alpha value is -4.44. The van der Waals surface area contributed by atoms with Crippen molar-refractivity contribution in [3.05, 3.63) is 96.0 Å². The van der Waals surface area contributed by atoms with Crippen LogP contribution >= 0.6 is 0 Å². The van der Waals surface area contributed by atoms with Crippen molar-refractivity contribution in [3.8, 4) is 34.1 Å². The van der Waals surface area contributed by atoms with Gasteiger partial charge in [-0.15, -0.1) is 0 Å². The molecule has 1 aromatic carbocycles. The maximum absolute atomic E-state index is 13.7. The molecule has 2 aliphatic carbocycles. The van der Waals surface area contributed by atoms with E-state index >= 15 is 0 Å². The van der Waals surface area contributed by atoms with Gasteiger partial charge < -0.3 is 0 Å². The second kappa shape index (κ2) is 8.59. The van der Waals surface area contributed by atoms with Crippen LogP contribution in [0.1, 0.15) is 31.5 Å². The number of Topliss-reactive ketones (excluding diaryl/α,β-unsaturated/α-hetero) is 1. The number of hydrogen-bond donors (Lipinski definition) is 0. The summed E-state index contributed by atoms with van der Waals surface area (Å²) in [5.41, 5.74) is 5.93. The van der Waals surface area contributed by atoms with E-state index in [9.17, 15) is 14.4 Å². The zero-order valence-electron chi connectivity index (χ0n) is 20.5. The number of allylic oxidation sites excluding steroid dienone is 2. The Morgan fingerprint density at radius 2 is 1.86 bits per heavy atom. The Balaban J connectivity index is 1.56. The van der Waals surface area contributed by atoms with Crippen LogP contribution in [0.5, 0.6) is 0 Å². The predicted octanol–water partition coefficient (Wildman–Crippen LogP) is 5.62. The van der Waals surface area contributed by atoms with Crippen molar-refractivity contribution in [2.75, 3.05) is 0 Å². The van der Waals surface area contributed by atoms with Crippen LogP contribution in [-0.4, -0.2) is 25.5 Å². The number of hydrogen-bond acceptors (Lipinski definition) is 5. The zero-order valence-corrected chi connectivity index (χ0v) is 20.5. The summed E-state index contributed by atoms with van der Waals surface area (Å²) in [7, 11) is 0. The lowest BCUT2D eigenvalue weighted by Gasteiger charge is -2.45. The van der Waals surface area contributed by atoms with E-state index in [0.717, 1.165) is 46.6 Å². The van der Waals surface area contributed by atoms with Crippen molar-refractivity contribution in [1.82, 2.24) is 19.7 Å². The van der Waals surface area contributed by atoms with Gasteiger partial charge in [0.25, 0.3) is 0 Å². The number of rotatable bonds is 3. The predicted molar refractivity (Wildman–Crippen MR) is 137 cm³/mol. The van der Waals surface area contributed by atoms with Crippen molar-refractivity contribution in [1.29, 1.82) is 5.26 Å². The molecule has 0 spiro atoms. The first kappa shape index (κ1) is 23.0. The average molecular weight is 490 g/mol. The molecule has 0 bridgehead atoms. The number of nitrogens with zero attached hydrogens (tertiary/aromatic N) is 5. The molecule has 6 nitrogen and oxygen atoms in total. The van der Waals surface area contributed by atoms with Gasteiger partial charge in [-0.1, -0.05) is 32.1 Å². The third-order valence-electron chi connectivity index (χ3n) is 7.90. The monoisotopic (exact) mass is 489 g/mol. The quantitative estimate of drug-likeness (QED) is 0.373. The van der Waals surface area contributed by atoms with Crippen LogP contribution in [0, 0.1) is 29.0 Å². The van der Waals surface area contributed by atoms with E-state index in [1.54, 1.807) is 12.4 Å². The summed E-state index contributed by atoms with van der Waals surface area (Å²) in [6, 6.07) is 15.3. The first-order chi connectivity index (χ1) is 17.9. The molecule has 0 amide bonds. The van der Waals surface area contributed by atoms with Crippen molar-refractivity contribution in [2.24, 2.45) is 11.8 Å². The highest BCUT2D eigenvalue weighted by Gasteiger charge is 2.50. The number of ketones is 1. The highest BCUT2D eigenvalue weighted by Crippen LogP contribution is 2.52. The van der Waals surface area contributed by atoms with Crippen LogP contribution in [0.15, 0.2) is 78.9 Å². The maximum atomic E-state index is 13.7. The number of pyridine rings is 2. The average Bonchev–Trinajstić information content (AvgIpc) is 3.32. The summed E-state index contributed by atoms with van der Waals surface area (Å²) >= 11 is 0. The lowest BCUT2D eigenvalue weighted by atomic mass is 9.57. The van der Waals surface area contributed by atoms with Gasteiger partial charge >= 0.3 is 0 Å². The number of fused-ring (bicyclic) bond motifs is 3. The van der Waals surface area contributed by atoms with E-state index in [0.29, 0.717) is 5.56 Å². The van der Waals surface area contributed by atoms with E-state index in [-0.39, 0.29) is 29.0 Å². The Morgan fingerprint density at radius 3 is 2.57 bits per heavy atom. The van der Waals surface area contributed by atoms with Crippen LogP contribution < -0.4 is 0 Å². The van der Waals surface area contributed by atoms with Crippen LogP contribution in [0.2, 0.25) is 0 Å². The summed E-state index contributed by atoms with van der Waals surface area (Å²) in [6.07, 6.45) is 9.83. The minimum atomic E-state index is -0.551. The molecule has 0 saturated heterocycles. The van der Waals surface area contributed by atoms with Gasteiger partial charge in [-0.05, 0) is 54.7 Å². The first-order valence-corrected chi connectivity index (χ1v) is 12.3. The Kier molecular flexibility index (Phi) is 5.34. The number of carbonyl (C=O) groups excluding carboxylic acids is 1. The molecule has 7 heteroatoms. The standard InChI is InChI=1S/C30H24FN5O/c1-18-26-10-9-25-27(20-4-3-11-33-15-20)35-36(29(25)30(26,2)13-22(14-32)28(18)37)24-7-5-19(6-8-24)21-12-23(31)17-34-16-21/h3-8,11-13,15-18,26H,9-10H2,1-2H3/t18-,26-,30-/m1/s1. The van der Waals surface area contributed by atoms with Gasteiger partial charge in [-0.25, -0.2) is 9.07 Å². The smallest absolute Gasteiger partial charge is 0.176 e.